The highest BCUT2D eigenvalue weighted by atomic mass is 32.1. The second-order valence-corrected chi connectivity index (χ2v) is 3.20. The van der Waals surface area contributed by atoms with Crippen LogP contribution in [0.2, 0.25) is 0 Å². The first-order valence-electron chi connectivity index (χ1n) is 4.23. The van der Waals surface area contributed by atoms with Crippen molar-refractivity contribution in [3.63, 3.8) is 0 Å². The van der Waals surface area contributed by atoms with Crippen LogP contribution in [0.25, 0.3) is 11.4 Å². The highest BCUT2D eigenvalue weighted by Crippen LogP contribution is 2.23. The number of para-hydroxylation sites is 1. The van der Waals surface area contributed by atoms with Crippen LogP contribution in [0.15, 0.2) is 24.3 Å². The molecule has 0 saturated heterocycles. The van der Waals surface area contributed by atoms with Crippen molar-refractivity contribution in [3.05, 3.63) is 29.0 Å². The average molecular weight is 206 g/mol. The van der Waals surface area contributed by atoms with E-state index in [-0.39, 0.29) is 0 Å². The van der Waals surface area contributed by atoms with Crippen LogP contribution >= 0.6 is 12.2 Å². The lowest BCUT2D eigenvalue weighted by Gasteiger charge is -2.04. The Balaban J connectivity index is 2.55. The summed E-state index contributed by atoms with van der Waals surface area (Å²) >= 11 is 4.89. The van der Waals surface area contributed by atoms with Crippen molar-refractivity contribution in [2.24, 2.45) is 0 Å². The molecule has 0 amide bonds. The van der Waals surface area contributed by atoms with E-state index in [0.29, 0.717) is 4.77 Å². The summed E-state index contributed by atoms with van der Waals surface area (Å²) in [5, 5.41) is 8.78. The molecule has 0 aliphatic rings. The zero-order chi connectivity index (χ0) is 9.97. The zero-order valence-electron chi connectivity index (χ0n) is 7.66. The molecule has 14 heavy (non-hydrogen) atoms. The van der Waals surface area contributed by atoms with Gasteiger partial charge >= 0.3 is 0 Å². The summed E-state index contributed by atoms with van der Waals surface area (Å²) in [7, 11) is 1.88. The van der Waals surface area contributed by atoms with Crippen LogP contribution in [-0.4, -0.2) is 22.2 Å². The van der Waals surface area contributed by atoms with Gasteiger partial charge in [-0.1, -0.05) is 12.1 Å². The number of nitrogens with zero attached hydrogens (tertiary/aromatic N) is 1. The molecule has 4 nitrogen and oxygen atoms in total. The van der Waals surface area contributed by atoms with Crippen LogP contribution in [0.4, 0.5) is 5.69 Å². The summed E-state index contributed by atoms with van der Waals surface area (Å²) < 4.78 is 0.464. The maximum atomic E-state index is 4.89. The number of aromatic amines is 2. The van der Waals surface area contributed by atoms with Crippen molar-refractivity contribution in [1.82, 2.24) is 15.2 Å². The molecule has 72 valence electrons. The number of nitrogens with one attached hydrogen (secondary N) is 3. The van der Waals surface area contributed by atoms with Crippen LogP contribution in [0.3, 0.4) is 0 Å². The molecule has 2 aromatic rings. The van der Waals surface area contributed by atoms with Crippen molar-refractivity contribution >= 4 is 17.9 Å². The highest BCUT2D eigenvalue weighted by molar-refractivity contribution is 7.71. The van der Waals surface area contributed by atoms with E-state index in [1.165, 1.54) is 0 Å². The fourth-order valence-corrected chi connectivity index (χ4v) is 1.45. The highest BCUT2D eigenvalue weighted by Gasteiger charge is 2.04. The third kappa shape index (κ3) is 1.54. The monoisotopic (exact) mass is 206 g/mol. The summed E-state index contributed by atoms with van der Waals surface area (Å²) in [4.78, 5) is 4.15. The Bertz CT molecular complexity index is 485. The van der Waals surface area contributed by atoms with Crippen molar-refractivity contribution in [2.75, 3.05) is 12.4 Å². The Morgan fingerprint density at radius 2 is 2.07 bits per heavy atom. The molecule has 0 aliphatic heterocycles. The van der Waals surface area contributed by atoms with Crippen LogP contribution in [0.5, 0.6) is 0 Å². The number of hydrogen-bond donors (Lipinski definition) is 3. The van der Waals surface area contributed by atoms with E-state index in [1.54, 1.807) is 0 Å². The molecule has 0 fully saturated rings. The molecule has 0 radical (unpaired) electrons. The van der Waals surface area contributed by atoms with Gasteiger partial charge in [-0.2, -0.15) is 4.98 Å². The predicted octanol–water partition coefficient (Wildman–Crippen LogP) is 2.18. The molecular formula is C9H10N4S. The normalized spacial score (nSPS) is 10.1. The molecule has 0 spiro atoms. The van der Waals surface area contributed by atoms with E-state index >= 15 is 0 Å². The second kappa shape index (κ2) is 3.63. The Morgan fingerprint density at radius 3 is 2.71 bits per heavy atom. The summed E-state index contributed by atoms with van der Waals surface area (Å²) in [6.07, 6.45) is 0. The lowest BCUT2D eigenvalue weighted by Crippen LogP contribution is -1.92. The van der Waals surface area contributed by atoms with E-state index in [1.807, 2.05) is 31.3 Å². The number of anilines is 1. The third-order valence-corrected chi connectivity index (χ3v) is 2.15. The van der Waals surface area contributed by atoms with Crippen molar-refractivity contribution in [2.45, 2.75) is 0 Å². The van der Waals surface area contributed by atoms with Crippen LogP contribution in [0.1, 0.15) is 0 Å². The second-order valence-electron chi connectivity index (χ2n) is 2.81. The van der Waals surface area contributed by atoms with Gasteiger partial charge in [0.25, 0.3) is 0 Å². The van der Waals surface area contributed by atoms with Gasteiger partial charge in [-0.25, -0.2) is 0 Å². The third-order valence-electron chi connectivity index (χ3n) is 1.95. The van der Waals surface area contributed by atoms with Gasteiger partial charge in [0, 0.05) is 18.3 Å². The minimum atomic E-state index is 0.464. The smallest absolute Gasteiger partial charge is 0.213 e. The summed E-state index contributed by atoms with van der Waals surface area (Å²) in [5.74, 6) is 0.750. The van der Waals surface area contributed by atoms with Crippen molar-refractivity contribution < 1.29 is 0 Å². The van der Waals surface area contributed by atoms with Gasteiger partial charge in [0.15, 0.2) is 5.82 Å². The predicted molar refractivity (Wildman–Crippen MR) is 58.8 cm³/mol. The summed E-state index contributed by atoms with van der Waals surface area (Å²) in [6, 6.07) is 7.90. The van der Waals surface area contributed by atoms with Gasteiger partial charge in [0.1, 0.15) is 0 Å². The lowest BCUT2D eigenvalue weighted by atomic mass is 10.1. The number of H-pyrrole nitrogens is 2. The first kappa shape index (κ1) is 8.96. The first-order valence-corrected chi connectivity index (χ1v) is 4.64. The van der Waals surface area contributed by atoms with Gasteiger partial charge in [-0.3, -0.25) is 10.2 Å². The van der Waals surface area contributed by atoms with E-state index in [4.69, 9.17) is 12.2 Å². The maximum Gasteiger partial charge on any atom is 0.213 e. The van der Waals surface area contributed by atoms with Crippen molar-refractivity contribution in [1.29, 1.82) is 0 Å². The molecule has 1 aromatic carbocycles. The summed E-state index contributed by atoms with van der Waals surface area (Å²) in [6.45, 7) is 0. The van der Waals surface area contributed by atoms with E-state index < -0.39 is 0 Å². The zero-order valence-corrected chi connectivity index (χ0v) is 8.48. The molecule has 0 aliphatic carbocycles. The van der Waals surface area contributed by atoms with Gasteiger partial charge < -0.3 is 5.32 Å². The van der Waals surface area contributed by atoms with E-state index in [0.717, 1.165) is 17.1 Å². The fourth-order valence-electron chi connectivity index (χ4n) is 1.31. The average Bonchev–Trinajstić information content (AvgIpc) is 2.65. The number of hydrogen-bond acceptors (Lipinski definition) is 3. The van der Waals surface area contributed by atoms with Gasteiger partial charge in [0.2, 0.25) is 4.77 Å². The number of rotatable bonds is 2. The van der Waals surface area contributed by atoms with Crippen LogP contribution < -0.4 is 5.32 Å². The molecule has 1 heterocycles. The minimum absolute atomic E-state index is 0.464. The molecule has 5 heteroatoms. The molecule has 0 unspecified atom stereocenters. The number of benzene rings is 1. The topological polar surface area (TPSA) is 56.5 Å². The first-order chi connectivity index (χ1) is 6.81. The molecule has 0 bridgehead atoms. The van der Waals surface area contributed by atoms with Gasteiger partial charge in [0.05, 0.1) is 0 Å². The largest absolute Gasteiger partial charge is 0.388 e. The van der Waals surface area contributed by atoms with Gasteiger partial charge in [-0.05, 0) is 24.4 Å². The molecule has 2 rings (SSSR count). The Labute approximate surface area is 86.4 Å². The molecule has 0 saturated carbocycles. The molecule has 0 atom stereocenters. The van der Waals surface area contributed by atoms with Gasteiger partial charge in [-0.15, -0.1) is 0 Å². The maximum absolute atomic E-state index is 4.89. The quantitative estimate of drug-likeness (QED) is 0.660. The van der Waals surface area contributed by atoms with Crippen LogP contribution in [0, 0.1) is 4.77 Å². The molecular weight excluding hydrogens is 196 g/mol. The minimum Gasteiger partial charge on any atom is -0.388 e. The van der Waals surface area contributed by atoms with Crippen LogP contribution in [-0.2, 0) is 0 Å². The standard InChI is InChI=1S/C9H10N4S/c1-10-7-5-3-2-4-6(7)8-11-9(14)13-12-8/h2-5,10H,1H3,(H2,11,12,13,14). The molecule has 1 aromatic heterocycles. The Hall–Kier alpha value is -1.62. The van der Waals surface area contributed by atoms with E-state index in [2.05, 4.69) is 20.5 Å². The number of aromatic nitrogens is 3. The SMILES string of the molecule is CNc1ccccc1-c1nc(=S)[nH][nH]1. The van der Waals surface area contributed by atoms with Crippen molar-refractivity contribution in [3.8, 4) is 11.4 Å². The summed E-state index contributed by atoms with van der Waals surface area (Å²) in [5.41, 5.74) is 2.02. The van der Waals surface area contributed by atoms with E-state index in [9.17, 15) is 0 Å². The Morgan fingerprint density at radius 1 is 1.29 bits per heavy atom. The lowest BCUT2D eigenvalue weighted by molar-refractivity contribution is 1.08. The fraction of sp³-hybridized carbons (Fsp3) is 0.111. The molecule has 3 N–H and O–H groups in total. The Kier molecular flexibility index (Phi) is 2.32.